The van der Waals surface area contributed by atoms with Crippen molar-refractivity contribution in [3.63, 3.8) is 0 Å². The zero-order valence-corrected chi connectivity index (χ0v) is 14.7. The minimum Gasteiger partial charge on any atom is -0.356 e. The van der Waals surface area contributed by atoms with Crippen molar-refractivity contribution in [2.24, 2.45) is 0 Å². The summed E-state index contributed by atoms with van der Waals surface area (Å²) in [6, 6.07) is 21.1. The molecule has 0 radical (unpaired) electrons. The minimum absolute atomic E-state index is 0.00406. The lowest BCUT2D eigenvalue weighted by Gasteiger charge is -2.32. The van der Waals surface area contributed by atoms with Gasteiger partial charge in [0, 0.05) is 18.2 Å². The van der Waals surface area contributed by atoms with Crippen molar-refractivity contribution in [1.82, 2.24) is 5.32 Å². The van der Waals surface area contributed by atoms with Crippen LogP contribution in [0.15, 0.2) is 66.7 Å². The van der Waals surface area contributed by atoms with Gasteiger partial charge in [0.1, 0.15) is 6.04 Å². The highest BCUT2D eigenvalue weighted by atomic mass is 16.2. The van der Waals surface area contributed by atoms with E-state index < -0.39 is 0 Å². The maximum Gasteiger partial charge on any atom is 0.252 e. The molecule has 2 heterocycles. The third-order valence-corrected chi connectivity index (χ3v) is 5.44. The van der Waals surface area contributed by atoms with Gasteiger partial charge in [-0.3, -0.25) is 9.59 Å². The quantitative estimate of drug-likeness (QED) is 0.741. The van der Waals surface area contributed by atoms with Gasteiger partial charge >= 0.3 is 0 Å². The van der Waals surface area contributed by atoms with Crippen molar-refractivity contribution >= 4 is 34.0 Å². The molecule has 0 aromatic heterocycles. The number of para-hydroxylation sites is 2. The lowest BCUT2D eigenvalue weighted by molar-refractivity contribution is -0.117. The number of rotatable bonds is 2. The molecule has 2 amide bonds. The highest BCUT2D eigenvalue weighted by molar-refractivity contribution is 6.07. The molecule has 2 atom stereocenters. The Morgan fingerprint density at radius 2 is 1.78 bits per heavy atom. The average molecular weight is 357 g/mol. The molecule has 1 saturated heterocycles. The molecule has 0 bridgehead atoms. The molecule has 0 spiro atoms. The fraction of sp³-hybridized carbons (Fsp3) is 0.182. The second-order valence-corrected chi connectivity index (χ2v) is 7.11. The SMILES string of the molecule is O=C(NC1CC2C(=O)Nc3ccccc3N2C1)c1cccc2ccccc12. The zero-order valence-electron chi connectivity index (χ0n) is 14.7. The predicted octanol–water partition coefficient (Wildman–Crippen LogP) is 3.17. The van der Waals surface area contributed by atoms with Crippen molar-refractivity contribution in [3.05, 3.63) is 72.3 Å². The molecule has 0 aliphatic carbocycles. The van der Waals surface area contributed by atoms with E-state index in [-0.39, 0.29) is 23.9 Å². The predicted molar refractivity (Wildman–Crippen MR) is 106 cm³/mol. The monoisotopic (exact) mass is 357 g/mol. The first kappa shape index (κ1) is 15.9. The van der Waals surface area contributed by atoms with Crippen LogP contribution in [0.25, 0.3) is 10.8 Å². The Morgan fingerprint density at radius 3 is 2.70 bits per heavy atom. The van der Waals surface area contributed by atoms with Crippen LogP contribution in [-0.2, 0) is 4.79 Å². The van der Waals surface area contributed by atoms with E-state index in [9.17, 15) is 9.59 Å². The Morgan fingerprint density at radius 1 is 1.00 bits per heavy atom. The van der Waals surface area contributed by atoms with Crippen LogP contribution < -0.4 is 15.5 Å². The van der Waals surface area contributed by atoms with Crippen LogP contribution in [0.1, 0.15) is 16.8 Å². The summed E-state index contributed by atoms with van der Waals surface area (Å²) in [6.45, 7) is 0.631. The van der Waals surface area contributed by atoms with Crippen LogP contribution in [-0.4, -0.2) is 30.4 Å². The van der Waals surface area contributed by atoms with Gasteiger partial charge in [0.2, 0.25) is 5.91 Å². The van der Waals surface area contributed by atoms with Crippen LogP contribution in [0.4, 0.5) is 11.4 Å². The van der Waals surface area contributed by atoms with Gasteiger partial charge in [0.25, 0.3) is 5.91 Å². The highest BCUT2D eigenvalue weighted by Crippen LogP contribution is 2.36. The van der Waals surface area contributed by atoms with Crippen LogP contribution in [0, 0.1) is 0 Å². The van der Waals surface area contributed by atoms with Gasteiger partial charge in [-0.05, 0) is 35.4 Å². The molecule has 134 valence electrons. The van der Waals surface area contributed by atoms with E-state index in [1.807, 2.05) is 66.7 Å². The summed E-state index contributed by atoms with van der Waals surface area (Å²) >= 11 is 0. The average Bonchev–Trinajstić information content (AvgIpc) is 3.12. The number of hydrogen-bond acceptors (Lipinski definition) is 3. The number of fused-ring (bicyclic) bond motifs is 4. The Bertz CT molecular complexity index is 1060. The van der Waals surface area contributed by atoms with Gasteiger partial charge in [-0.1, -0.05) is 48.5 Å². The molecule has 2 aliphatic heterocycles. The molecule has 2 unspecified atom stereocenters. The van der Waals surface area contributed by atoms with Gasteiger partial charge in [-0.2, -0.15) is 0 Å². The van der Waals surface area contributed by atoms with E-state index >= 15 is 0 Å². The lowest BCUT2D eigenvalue weighted by atomic mass is 10.0. The van der Waals surface area contributed by atoms with Gasteiger partial charge < -0.3 is 15.5 Å². The highest BCUT2D eigenvalue weighted by Gasteiger charge is 2.41. The van der Waals surface area contributed by atoms with E-state index in [0.29, 0.717) is 18.5 Å². The molecular formula is C22H19N3O2. The molecule has 5 heteroatoms. The number of amides is 2. The number of nitrogens with one attached hydrogen (secondary N) is 2. The maximum atomic E-state index is 12.9. The Balaban J connectivity index is 1.40. The number of benzene rings is 3. The number of carbonyl (C=O) groups excluding carboxylic acids is 2. The number of hydrogen-bond donors (Lipinski definition) is 2. The van der Waals surface area contributed by atoms with Crippen LogP contribution >= 0.6 is 0 Å². The summed E-state index contributed by atoms with van der Waals surface area (Å²) in [5.41, 5.74) is 2.52. The summed E-state index contributed by atoms with van der Waals surface area (Å²) < 4.78 is 0. The minimum atomic E-state index is -0.238. The van der Waals surface area contributed by atoms with E-state index in [4.69, 9.17) is 0 Å². The van der Waals surface area contributed by atoms with Crippen LogP contribution in [0.5, 0.6) is 0 Å². The largest absolute Gasteiger partial charge is 0.356 e. The molecule has 3 aromatic carbocycles. The Kier molecular flexibility index (Phi) is 3.60. The van der Waals surface area contributed by atoms with Crippen LogP contribution in [0.2, 0.25) is 0 Å². The van der Waals surface area contributed by atoms with Gasteiger partial charge in [0.05, 0.1) is 11.4 Å². The summed E-state index contributed by atoms with van der Waals surface area (Å²) in [5.74, 6) is -0.0963. The summed E-state index contributed by atoms with van der Waals surface area (Å²) in [4.78, 5) is 27.5. The summed E-state index contributed by atoms with van der Waals surface area (Å²) in [6.07, 6.45) is 0.608. The van der Waals surface area contributed by atoms with Gasteiger partial charge in [0.15, 0.2) is 0 Å². The number of carbonyl (C=O) groups is 2. The second kappa shape index (κ2) is 6.13. The van der Waals surface area contributed by atoms with E-state index in [0.717, 1.165) is 22.1 Å². The fourth-order valence-corrected chi connectivity index (χ4v) is 4.19. The molecule has 2 aliphatic rings. The smallest absolute Gasteiger partial charge is 0.252 e. The standard InChI is InChI=1S/C22H19N3O2/c26-21(17-9-5-7-14-6-1-2-8-16(14)17)23-15-12-20-22(27)24-18-10-3-4-11-19(18)25(20)13-15/h1-11,15,20H,12-13H2,(H,23,26)(H,24,27). The first-order valence-corrected chi connectivity index (χ1v) is 9.16. The van der Waals surface area contributed by atoms with Crippen LogP contribution in [0.3, 0.4) is 0 Å². The summed E-state index contributed by atoms with van der Waals surface area (Å²) in [7, 11) is 0. The van der Waals surface area contributed by atoms with Gasteiger partial charge in [-0.15, -0.1) is 0 Å². The molecule has 0 saturated carbocycles. The third kappa shape index (κ3) is 2.63. The van der Waals surface area contributed by atoms with Crippen molar-refractivity contribution < 1.29 is 9.59 Å². The number of anilines is 2. The maximum absolute atomic E-state index is 12.9. The summed E-state index contributed by atoms with van der Waals surface area (Å²) in [5, 5.41) is 8.09. The van der Waals surface area contributed by atoms with Crippen molar-refractivity contribution in [3.8, 4) is 0 Å². The Labute approximate surface area is 157 Å². The molecule has 1 fully saturated rings. The lowest BCUT2D eigenvalue weighted by Crippen LogP contribution is -2.44. The molecule has 27 heavy (non-hydrogen) atoms. The molecule has 5 nitrogen and oxygen atoms in total. The third-order valence-electron chi connectivity index (χ3n) is 5.44. The van der Waals surface area contributed by atoms with Crippen molar-refractivity contribution in [2.75, 3.05) is 16.8 Å². The zero-order chi connectivity index (χ0) is 18.4. The fourth-order valence-electron chi connectivity index (χ4n) is 4.19. The van der Waals surface area contributed by atoms with Crippen molar-refractivity contribution in [1.29, 1.82) is 0 Å². The number of nitrogens with zero attached hydrogens (tertiary/aromatic N) is 1. The van der Waals surface area contributed by atoms with E-state index in [1.54, 1.807) is 0 Å². The first-order chi connectivity index (χ1) is 13.2. The van der Waals surface area contributed by atoms with E-state index in [2.05, 4.69) is 15.5 Å². The second-order valence-electron chi connectivity index (χ2n) is 7.11. The topological polar surface area (TPSA) is 61.4 Å². The Hall–Kier alpha value is -3.34. The molecule has 3 aromatic rings. The van der Waals surface area contributed by atoms with Gasteiger partial charge in [-0.25, -0.2) is 0 Å². The molecule has 5 rings (SSSR count). The van der Waals surface area contributed by atoms with E-state index in [1.165, 1.54) is 0 Å². The van der Waals surface area contributed by atoms with Crippen molar-refractivity contribution in [2.45, 2.75) is 18.5 Å². The molecule has 2 N–H and O–H groups in total. The first-order valence-electron chi connectivity index (χ1n) is 9.16. The molecular weight excluding hydrogens is 338 g/mol. The normalized spacial score (nSPS) is 20.7.